The maximum atomic E-state index is 11.4. The van der Waals surface area contributed by atoms with E-state index in [0.29, 0.717) is 11.7 Å². The Morgan fingerprint density at radius 1 is 1.36 bits per heavy atom. The third kappa shape index (κ3) is 1.80. The number of nitrogens with one attached hydrogen (secondary N) is 1. The molecule has 0 amide bonds. The SMILES string of the molecule is CC(C)C(=O)C(C)C1CNC1. The van der Waals surface area contributed by atoms with E-state index in [1.807, 2.05) is 20.8 Å². The molecule has 0 radical (unpaired) electrons. The molecule has 11 heavy (non-hydrogen) atoms. The zero-order valence-corrected chi connectivity index (χ0v) is 7.55. The summed E-state index contributed by atoms with van der Waals surface area (Å²) in [7, 11) is 0. The van der Waals surface area contributed by atoms with Crippen molar-refractivity contribution < 1.29 is 4.79 Å². The number of hydrogen-bond acceptors (Lipinski definition) is 2. The molecule has 0 aromatic heterocycles. The Morgan fingerprint density at radius 2 is 1.91 bits per heavy atom. The van der Waals surface area contributed by atoms with Gasteiger partial charge in [-0.25, -0.2) is 0 Å². The molecule has 1 N–H and O–H groups in total. The smallest absolute Gasteiger partial charge is 0.138 e. The monoisotopic (exact) mass is 155 g/mol. The summed E-state index contributed by atoms with van der Waals surface area (Å²) >= 11 is 0. The molecular formula is C9H17NO. The van der Waals surface area contributed by atoms with Crippen LogP contribution in [0.3, 0.4) is 0 Å². The largest absolute Gasteiger partial charge is 0.316 e. The van der Waals surface area contributed by atoms with Gasteiger partial charge in [-0.2, -0.15) is 0 Å². The van der Waals surface area contributed by atoms with E-state index >= 15 is 0 Å². The fourth-order valence-corrected chi connectivity index (χ4v) is 1.42. The van der Waals surface area contributed by atoms with Crippen molar-refractivity contribution in [3.8, 4) is 0 Å². The maximum absolute atomic E-state index is 11.4. The average Bonchev–Trinajstić information content (AvgIpc) is 1.82. The normalized spacial score (nSPS) is 21.5. The topological polar surface area (TPSA) is 29.1 Å². The van der Waals surface area contributed by atoms with Crippen LogP contribution in [0.25, 0.3) is 0 Å². The average molecular weight is 155 g/mol. The lowest BCUT2D eigenvalue weighted by atomic mass is 9.82. The summed E-state index contributed by atoms with van der Waals surface area (Å²) in [6.07, 6.45) is 0. The fourth-order valence-electron chi connectivity index (χ4n) is 1.42. The first-order valence-electron chi connectivity index (χ1n) is 4.37. The molecule has 0 spiro atoms. The van der Waals surface area contributed by atoms with Crippen LogP contribution >= 0.6 is 0 Å². The van der Waals surface area contributed by atoms with Crippen LogP contribution in [0.4, 0.5) is 0 Å². The standard InChI is InChI=1S/C9H17NO/c1-6(2)9(11)7(3)8-4-10-5-8/h6-8,10H,4-5H2,1-3H3. The number of carbonyl (C=O) groups excluding carboxylic acids is 1. The van der Waals surface area contributed by atoms with Crippen molar-refractivity contribution in [1.29, 1.82) is 0 Å². The van der Waals surface area contributed by atoms with Crippen molar-refractivity contribution in [2.24, 2.45) is 17.8 Å². The van der Waals surface area contributed by atoms with Crippen LogP contribution < -0.4 is 5.32 Å². The van der Waals surface area contributed by atoms with Gasteiger partial charge in [0.25, 0.3) is 0 Å². The Labute approximate surface area is 68.4 Å². The minimum atomic E-state index is 0.200. The lowest BCUT2D eigenvalue weighted by Crippen LogP contribution is -2.48. The minimum absolute atomic E-state index is 0.200. The van der Waals surface area contributed by atoms with Crippen LogP contribution in [0.2, 0.25) is 0 Å². The van der Waals surface area contributed by atoms with Crippen LogP contribution in [0.15, 0.2) is 0 Å². The second-order valence-corrected chi connectivity index (χ2v) is 3.76. The van der Waals surface area contributed by atoms with Gasteiger partial charge in [0.1, 0.15) is 5.78 Å². The lowest BCUT2D eigenvalue weighted by molar-refractivity contribution is -0.127. The zero-order chi connectivity index (χ0) is 8.43. The van der Waals surface area contributed by atoms with E-state index in [1.165, 1.54) is 0 Å². The third-order valence-corrected chi connectivity index (χ3v) is 2.54. The summed E-state index contributed by atoms with van der Waals surface area (Å²) in [5.41, 5.74) is 0. The molecule has 0 aliphatic carbocycles. The van der Waals surface area contributed by atoms with Crippen molar-refractivity contribution in [1.82, 2.24) is 5.32 Å². The molecule has 0 bridgehead atoms. The summed E-state index contributed by atoms with van der Waals surface area (Å²) < 4.78 is 0. The van der Waals surface area contributed by atoms with Crippen LogP contribution in [-0.4, -0.2) is 18.9 Å². The zero-order valence-electron chi connectivity index (χ0n) is 7.55. The molecule has 0 aromatic rings. The Hall–Kier alpha value is -0.370. The van der Waals surface area contributed by atoms with Crippen molar-refractivity contribution in [2.75, 3.05) is 13.1 Å². The Balaban J connectivity index is 2.39. The first-order chi connectivity index (χ1) is 5.13. The summed E-state index contributed by atoms with van der Waals surface area (Å²) in [5.74, 6) is 1.48. The highest BCUT2D eigenvalue weighted by Crippen LogP contribution is 2.19. The van der Waals surface area contributed by atoms with E-state index in [9.17, 15) is 4.79 Å². The Bertz CT molecular complexity index is 150. The van der Waals surface area contributed by atoms with Crippen molar-refractivity contribution in [3.63, 3.8) is 0 Å². The maximum Gasteiger partial charge on any atom is 0.138 e. The highest BCUT2D eigenvalue weighted by molar-refractivity contribution is 5.82. The number of hydrogen-bond donors (Lipinski definition) is 1. The van der Waals surface area contributed by atoms with Crippen LogP contribution in [0.5, 0.6) is 0 Å². The highest BCUT2D eigenvalue weighted by atomic mass is 16.1. The van der Waals surface area contributed by atoms with E-state index < -0.39 is 0 Å². The quantitative estimate of drug-likeness (QED) is 0.660. The van der Waals surface area contributed by atoms with Gasteiger partial charge in [-0.15, -0.1) is 0 Å². The second kappa shape index (κ2) is 3.35. The molecule has 2 heteroatoms. The molecule has 1 heterocycles. The number of Topliss-reactive ketones (excluding diaryl/α,β-unsaturated/α-hetero) is 1. The van der Waals surface area contributed by atoms with E-state index in [2.05, 4.69) is 5.32 Å². The third-order valence-electron chi connectivity index (χ3n) is 2.54. The first kappa shape index (κ1) is 8.72. The molecule has 1 atom stereocenters. The summed E-state index contributed by atoms with van der Waals surface area (Å²) in [6.45, 7) is 8.06. The second-order valence-electron chi connectivity index (χ2n) is 3.76. The van der Waals surface area contributed by atoms with Gasteiger partial charge in [-0.3, -0.25) is 4.79 Å². The molecule has 1 unspecified atom stereocenters. The number of rotatable bonds is 3. The molecule has 64 valence electrons. The van der Waals surface area contributed by atoms with Gasteiger partial charge in [0, 0.05) is 11.8 Å². The van der Waals surface area contributed by atoms with Crippen molar-refractivity contribution >= 4 is 5.78 Å². The van der Waals surface area contributed by atoms with Gasteiger partial charge < -0.3 is 5.32 Å². The van der Waals surface area contributed by atoms with Crippen LogP contribution in [0, 0.1) is 17.8 Å². The van der Waals surface area contributed by atoms with Gasteiger partial charge in [-0.05, 0) is 19.0 Å². The summed E-state index contributed by atoms with van der Waals surface area (Å²) in [4.78, 5) is 11.4. The van der Waals surface area contributed by atoms with E-state index in [1.54, 1.807) is 0 Å². The Morgan fingerprint density at radius 3 is 2.18 bits per heavy atom. The Kier molecular flexibility index (Phi) is 2.66. The van der Waals surface area contributed by atoms with Gasteiger partial charge in [0.2, 0.25) is 0 Å². The predicted molar refractivity (Wildman–Crippen MR) is 45.4 cm³/mol. The molecular weight excluding hydrogens is 138 g/mol. The predicted octanol–water partition coefficient (Wildman–Crippen LogP) is 1.07. The van der Waals surface area contributed by atoms with Gasteiger partial charge in [0.15, 0.2) is 0 Å². The number of carbonyl (C=O) groups is 1. The van der Waals surface area contributed by atoms with Crippen molar-refractivity contribution in [2.45, 2.75) is 20.8 Å². The lowest BCUT2D eigenvalue weighted by Gasteiger charge is -2.32. The van der Waals surface area contributed by atoms with Gasteiger partial charge >= 0.3 is 0 Å². The fraction of sp³-hybridized carbons (Fsp3) is 0.889. The van der Waals surface area contributed by atoms with Crippen LogP contribution in [-0.2, 0) is 4.79 Å². The van der Waals surface area contributed by atoms with Gasteiger partial charge in [0.05, 0.1) is 0 Å². The van der Waals surface area contributed by atoms with Gasteiger partial charge in [-0.1, -0.05) is 20.8 Å². The van der Waals surface area contributed by atoms with E-state index in [-0.39, 0.29) is 11.8 Å². The molecule has 0 aromatic carbocycles. The molecule has 1 saturated heterocycles. The molecule has 1 fully saturated rings. The van der Waals surface area contributed by atoms with E-state index in [0.717, 1.165) is 13.1 Å². The summed E-state index contributed by atoms with van der Waals surface area (Å²) in [6, 6.07) is 0. The van der Waals surface area contributed by atoms with E-state index in [4.69, 9.17) is 0 Å². The minimum Gasteiger partial charge on any atom is -0.316 e. The van der Waals surface area contributed by atoms with Crippen molar-refractivity contribution in [3.05, 3.63) is 0 Å². The molecule has 2 nitrogen and oxygen atoms in total. The molecule has 0 saturated carbocycles. The highest BCUT2D eigenvalue weighted by Gasteiger charge is 2.29. The number of ketones is 1. The van der Waals surface area contributed by atoms with Crippen LogP contribution in [0.1, 0.15) is 20.8 Å². The first-order valence-corrected chi connectivity index (χ1v) is 4.37. The molecule has 1 aliphatic rings. The molecule has 1 aliphatic heterocycles. The summed E-state index contributed by atoms with van der Waals surface area (Å²) in [5, 5.41) is 3.18. The molecule has 1 rings (SSSR count).